The lowest BCUT2D eigenvalue weighted by molar-refractivity contribution is 0.0976. The van der Waals surface area contributed by atoms with E-state index in [0.29, 0.717) is 10.6 Å². The third-order valence-electron chi connectivity index (χ3n) is 4.28. The molecule has 1 aromatic heterocycles. The van der Waals surface area contributed by atoms with Crippen LogP contribution in [0.4, 0.5) is 17.1 Å². The summed E-state index contributed by atoms with van der Waals surface area (Å²) in [7, 11) is 0. The molecule has 138 valence electrons. The average Bonchev–Trinajstić information content (AvgIpc) is 3.26. The average molecular weight is 388 g/mol. The standard InChI is InChI=1S/C23H18ClN3O/c24-19-8-10-20(11-9-19)25-21-12-14-22(15-13-21)27(26-16-4-5-17-26)23(28)18-6-2-1-3-7-18/h1-17,25H. The van der Waals surface area contributed by atoms with Crippen molar-refractivity contribution in [3.8, 4) is 0 Å². The molecule has 0 radical (unpaired) electrons. The molecule has 0 saturated heterocycles. The monoisotopic (exact) mass is 387 g/mol. The van der Waals surface area contributed by atoms with E-state index in [1.54, 1.807) is 9.69 Å². The van der Waals surface area contributed by atoms with Crippen LogP contribution in [0.2, 0.25) is 5.02 Å². The minimum Gasteiger partial charge on any atom is -0.356 e. The smallest absolute Gasteiger partial charge is 0.277 e. The van der Waals surface area contributed by atoms with Crippen LogP contribution < -0.4 is 10.3 Å². The summed E-state index contributed by atoms with van der Waals surface area (Å²) in [5.74, 6) is -0.102. The summed E-state index contributed by atoms with van der Waals surface area (Å²) < 4.78 is 1.77. The van der Waals surface area contributed by atoms with Gasteiger partial charge in [0.25, 0.3) is 5.91 Å². The molecule has 0 aliphatic heterocycles. The first-order chi connectivity index (χ1) is 13.7. The minimum atomic E-state index is -0.102. The number of anilines is 3. The minimum absolute atomic E-state index is 0.102. The molecule has 28 heavy (non-hydrogen) atoms. The molecule has 4 aromatic rings. The van der Waals surface area contributed by atoms with Crippen molar-refractivity contribution in [3.63, 3.8) is 0 Å². The zero-order valence-electron chi connectivity index (χ0n) is 15.0. The van der Waals surface area contributed by atoms with Crippen molar-refractivity contribution in [1.29, 1.82) is 0 Å². The highest BCUT2D eigenvalue weighted by Crippen LogP contribution is 2.24. The molecule has 0 spiro atoms. The summed E-state index contributed by atoms with van der Waals surface area (Å²) >= 11 is 5.93. The van der Waals surface area contributed by atoms with Crippen LogP contribution >= 0.6 is 11.6 Å². The third kappa shape index (κ3) is 3.92. The maximum atomic E-state index is 13.1. The number of carbonyl (C=O) groups is 1. The topological polar surface area (TPSA) is 37.3 Å². The summed E-state index contributed by atoms with van der Waals surface area (Å²) in [6.45, 7) is 0. The van der Waals surface area contributed by atoms with E-state index < -0.39 is 0 Å². The van der Waals surface area contributed by atoms with Gasteiger partial charge < -0.3 is 5.32 Å². The highest BCUT2D eigenvalue weighted by atomic mass is 35.5. The Morgan fingerprint density at radius 1 is 0.750 bits per heavy atom. The fourth-order valence-corrected chi connectivity index (χ4v) is 3.03. The molecule has 4 rings (SSSR count). The van der Waals surface area contributed by atoms with Crippen molar-refractivity contribution in [2.24, 2.45) is 0 Å². The van der Waals surface area contributed by atoms with Crippen LogP contribution in [-0.2, 0) is 0 Å². The van der Waals surface area contributed by atoms with E-state index in [1.165, 1.54) is 0 Å². The molecular formula is C23H18ClN3O. The molecule has 0 aliphatic carbocycles. The molecule has 0 saturated carbocycles. The van der Waals surface area contributed by atoms with Crippen molar-refractivity contribution >= 4 is 34.6 Å². The number of nitrogens with one attached hydrogen (secondary N) is 1. The molecule has 4 nitrogen and oxygen atoms in total. The summed E-state index contributed by atoms with van der Waals surface area (Å²) in [6, 6.07) is 28.3. The van der Waals surface area contributed by atoms with Gasteiger partial charge in [-0.15, -0.1) is 0 Å². The zero-order valence-corrected chi connectivity index (χ0v) is 15.8. The van der Waals surface area contributed by atoms with Crippen molar-refractivity contribution < 1.29 is 4.79 Å². The van der Waals surface area contributed by atoms with Crippen LogP contribution in [0.5, 0.6) is 0 Å². The summed E-state index contributed by atoms with van der Waals surface area (Å²) in [6.07, 6.45) is 3.70. The van der Waals surface area contributed by atoms with Gasteiger partial charge in [-0.3, -0.25) is 9.47 Å². The molecule has 5 heteroatoms. The van der Waals surface area contributed by atoms with Gasteiger partial charge in [0.15, 0.2) is 0 Å². The van der Waals surface area contributed by atoms with E-state index in [1.807, 2.05) is 103 Å². The van der Waals surface area contributed by atoms with Crippen LogP contribution in [0.1, 0.15) is 10.4 Å². The van der Waals surface area contributed by atoms with Crippen LogP contribution in [0, 0.1) is 0 Å². The first kappa shape index (κ1) is 17.9. The lowest BCUT2D eigenvalue weighted by atomic mass is 10.2. The fourth-order valence-electron chi connectivity index (χ4n) is 2.90. The fraction of sp³-hybridized carbons (Fsp3) is 0. The highest BCUT2D eigenvalue weighted by molar-refractivity contribution is 6.30. The molecule has 3 aromatic carbocycles. The maximum absolute atomic E-state index is 13.1. The van der Waals surface area contributed by atoms with Gasteiger partial charge in [0.1, 0.15) is 0 Å². The molecular weight excluding hydrogens is 370 g/mol. The second kappa shape index (κ2) is 8.03. The zero-order chi connectivity index (χ0) is 19.3. The summed E-state index contributed by atoms with van der Waals surface area (Å²) in [5, 5.41) is 5.66. The van der Waals surface area contributed by atoms with E-state index in [0.717, 1.165) is 17.1 Å². The van der Waals surface area contributed by atoms with Gasteiger partial charge in [-0.05, 0) is 72.8 Å². The summed E-state index contributed by atoms with van der Waals surface area (Å²) in [4.78, 5) is 13.1. The van der Waals surface area contributed by atoms with Crippen molar-refractivity contribution in [2.75, 3.05) is 10.3 Å². The quantitative estimate of drug-likeness (QED) is 0.456. The van der Waals surface area contributed by atoms with Crippen LogP contribution in [0.15, 0.2) is 103 Å². The van der Waals surface area contributed by atoms with E-state index in [-0.39, 0.29) is 5.91 Å². The maximum Gasteiger partial charge on any atom is 0.277 e. The number of carbonyl (C=O) groups excluding carboxylic acids is 1. The van der Waals surface area contributed by atoms with Crippen LogP contribution in [0.3, 0.4) is 0 Å². The Hall–Kier alpha value is -3.50. The lowest BCUT2D eigenvalue weighted by Crippen LogP contribution is -2.35. The van der Waals surface area contributed by atoms with Crippen molar-refractivity contribution in [1.82, 2.24) is 4.68 Å². The molecule has 0 aliphatic rings. The number of amides is 1. The Morgan fingerprint density at radius 2 is 1.32 bits per heavy atom. The van der Waals surface area contributed by atoms with E-state index in [4.69, 9.17) is 11.6 Å². The number of benzene rings is 3. The number of nitrogens with zero attached hydrogens (tertiary/aromatic N) is 2. The molecule has 0 fully saturated rings. The molecule has 1 heterocycles. The largest absolute Gasteiger partial charge is 0.356 e. The Morgan fingerprint density at radius 3 is 1.93 bits per heavy atom. The number of hydrogen-bond acceptors (Lipinski definition) is 2. The SMILES string of the molecule is O=C(c1ccccc1)N(c1ccc(Nc2ccc(Cl)cc2)cc1)n1cccc1. The predicted molar refractivity (Wildman–Crippen MR) is 114 cm³/mol. The molecule has 1 amide bonds. The van der Waals surface area contributed by atoms with Crippen LogP contribution in [-0.4, -0.2) is 10.6 Å². The van der Waals surface area contributed by atoms with Crippen molar-refractivity contribution in [2.45, 2.75) is 0 Å². The first-order valence-electron chi connectivity index (χ1n) is 8.86. The number of rotatable bonds is 5. The van der Waals surface area contributed by atoms with Crippen molar-refractivity contribution in [3.05, 3.63) is 114 Å². The summed E-state index contributed by atoms with van der Waals surface area (Å²) in [5.41, 5.74) is 3.26. The van der Waals surface area contributed by atoms with Gasteiger partial charge in [-0.25, -0.2) is 5.01 Å². The Balaban J connectivity index is 1.62. The molecule has 0 unspecified atom stereocenters. The highest BCUT2D eigenvalue weighted by Gasteiger charge is 2.19. The third-order valence-corrected chi connectivity index (χ3v) is 4.53. The molecule has 1 N–H and O–H groups in total. The van der Waals surface area contributed by atoms with Crippen LogP contribution in [0.25, 0.3) is 0 Å². The molecule has 0 atom stereocenters. The van der Waals surface area contributed by atoms with Gasteiger partial charge in [-0.1, -0.05) is 29.8 Å². The van der Waals surface area contributed by atoms with E-state index >= 15 is 0 Å². The second-order valence-corrected chi connectivity index (χ2v) is 6.66. The predicted octanol–water partition coefficient (Wildman–Crippen LogP) is 6.00. The Kier molecular flexibility index (Phi) is 5.13. The van der Waals surface area contributed by atoms with Gasteiger partial charge in [0, 0.05) is 34.4 Å². The van der Waals surface area contributed by atoms with E-state index in [2.05, 4.69) is 5.32 Å². The Labute approximate surface area is 168 Å². The lowest BCUT2D eigenvalue weighted by Gasteiger charge is -2.24. The molecule has 0 bridgehead atoms. The number of halogens is 1. The van der Waals surface area contributed by atoms with E-state index in [9.17, 15) is 4.79 Å². The van der Waals surface area contributed by atoms with Gasteiger partial charge in [0.05, 0.1) is 5.69 Å². The Bertz CT molecular complexity index is 1040. The second-order valence-electron chi connectivity index (χ2n) is 6.22. The number of hydrogen-bond donors (Lipinski definition) is 1. The number of aromatic nitrogens is 1. The normalized spacial score (nSPS) is 10.5. The first-order valence-corrected chi connectivity index (χ1v) is 9.24. The van der Waals surface area contributed by atoms with Gasteiger partial charge >= 0.3 is 0 Å². The van der Waals surface area contributed by atoms with Gasteiger partial charge in [-0.2, -0.15) is 0 Å². The van der Waals surface area contributed by atoms with Gasteiger partial charge in [0.2, 0.25) is 0 Å².